The highest BCUT2D eigenvalue weighted by molar-refractivity contribution is 8.02. The number of aromatic nitrogens is 1. The molecule has 0 aliphatic heterocycles. The molecule has 1 atom stereocenters. The lowest BCUT2D eigenvalue weighted by Gasteiger charge is -2.10. The van der Waals surface area contributed by atoms with E-state index < -0.39 is 11.6 Å². The Morgan fingerprint density at radius 1 is 1.40 bits per heavy atom. The fourth-order valence-corrected chi connectivity index (χ4v) is 3.39. The first-order chi connectivity index (χ1) is 9.45. The Kier molecular flexibility index (Phi) is 4.72. The first-order valence-electron chi connectivity index (χ1n) is 5.80. The average Bonchev–Trinajstić information content (AvgIpc) is 2.79. The van der Waals surface area contributed by atoms with Gasteiger partial charge in [0.25, 0.3) is 0 Å². The summed E-state index contributed by atoms with van der Waals surface area (Å²) >= 11 is 2.79. The van der Waals surface area contributed by atoms with Crippen LogP contribution in [0.4, 0.5) is 14.5 Å². The van der Waals surface area contributed by atoms with Crippen molar-refractivity contribution in [1.82, 2.24) is 4.98 Å². The second-order valence-electron chi connectivity index (χ2n) is 4.13. The number of anilines is 1. The smallest absolute Gasteiger partial charge is 0.237 e. The van der Waals surface area contributed by atoms with Crippen molar-refractivity contribution in [2.45, 2.75) is 23.4 Å². The van der Waals surface area contributed by atoms with Crippen molar-refractivity contribution in [2.24, 2.45) is 0 Å². The van der Waals surface area contributed by atoms with Crippen LogP contribution in [0.5, 0.6) is 0 Å². The van der Waals surface area contributed by atoms with Gasteiger partial charge >= 0.3 is 0 Å². The van der Waals surface area contributed by atoms with Crippen LogP contribution in [0.3, 0.4) is 0 Å². The van der Waals surface area contributed by atoms with Gasteiger partial charge in [-0.05, 0) is 26.0 Å². The van der Waals surface area contributed by atoms with Crippen LogP contribution >= 0.6 is 23.1 Å². The summed E-state index contributed by atoms with van der Waals surface area (Å²) in [6.45, 7) is 3.61. The molecule has 2 rings (SSSR count). The molecule has 7 heteroatoms. The van der Waals surface area contributed by atoms with Gasteiger partial charge in [-0.15, -0.1) is 11.3 Å². The Labute approximate surface area is 123 Å². The molecule has 0 aliphatic carbocycles. The van der Waals surface area contributed by atoms with Gasteiger partial charge in [0.15, 0.2) is 16.0 Å². The number of thiazole rings is 1. The summed E-state index contributed by atoms with van der Waals surface area (Å²) in [5.41, 5.74) is 1.14. The van der Waals surface area contributed by atoms with Gasteiger partial charge in [-0.25, -0.2) is 13.8 Å². The number of halogens is 2. The van der Waals surface area contributed by atoms with Gasteiger partial charge in [-0.2, -0.15) is 0 Å². The minimum Gasteiger partial charge on any atom is -0.325 e. The monoisotopic (exact) mass is 314 g/mol. The fourth-order valence-electron chi connectivity index (χ4n) is 1.41. The van der Waals surface area contributed by atoms with Crippen molar-refractivity contribution in [1.29, 1.82) is 0 Å². The lowest BCUT2D eigenvalue weighted by atomic mass is 10.3. The molecule has 0 fully saturated rings. The van der Waals surface area contributed by atoms with Crippen LogP contribution in [0.15, 0.2) is 27.9 Å². The van der Waals surface area contributed by atoms with Crippen LogP contribution in [0.2, 0.25) is 0 Å². The summed E-state index contributed by atoms with van der Waals surface area (Å²) in [5, 5.41) is 4.07. The number of benzene rings is 1. The lowest BCUT2D eigenvalue weighted by Crippen LogP contribution is -2.22. The highest BCUT2D eigenvalue weighted by atomic mass is 32.2. The standard InChI is InChI=1S/C13H12F2N2OS2/c1-7-6-19-13(16-7)20-8(2)12(18)17-9-3-4-10(14)11(15)5-9/h3-6,8H,1-2H3,(H,17,18)/t8-/m0/s1. The van der Waals surface area contributed by atoms with E-state index in [0.29, 0.717) is 0 Å². The Bertz CT molecular complexity index is 631. The van der Waals surface area contributed by atoms with Gasteiger partial charge in [0.1, 0.15) is 0 Å². The van der Waals surface area contributed by atoms with E-state index in [4.69, 9.17) is 0 Å². The molecule has 20 heavy (non-hydrogen) atoms. The summed E-state index contributed by atoms with van der Waals surface area (Å²) < 4.78 is 26.6. The second kappa shape index (κ2) is 6.32. The molecule has 0 saturated heterocycles. The number of nitrogens with one attached hydrogen (secondary N) is 1. The van der Waals surface area contributed by atoms with Crippen LogP contribution in [-0.4, -0.2) is 16.1 Å². The van der Waals surface area contributed by atoms with Gasteiger partial charge in [-0.3, -0.25) is 4.79 Å². The van der Waals surface area contributed by atoms with Crippen molar-refractivity contribution in [3.05, 3.63) is 40.9 Å². The number of hydrogen-bond donors (Lipinski definition) is 1. The molecule has 1 amide bonds. The van der Waals surface area contributed by atoms with E-state index in [1.165, 1.54) is 29.2 Å². The van der Waals surface area contributed by atoms with Crippen LogP contribution in [0.25, 0.3) is 0 Å². The van der Waals surface area contributed by atoms with E-state index in [-0.39, 0.29) is 16.8 Å². The minimum absolute atomic E-state index is 0.233. The predicted molar refractivity (Wildman–Crippen MR) is 77.2 cm³/mol. The SMILES string of the molecule is Cc1csc(S[C@@H](C)C(=O)Nc2ccc(F)c(F)c2)n1. The fraction of sp³-hybridized carbons (Fsp3) is 0.231. The summed E-state index contributed by atoms with van der Waals surface area (Å²) in [5.74, 6) is -2.21. The molecule has 1 heterocycles. The zero-order valence-corrected chi connectivity index (χ0v) is 12.4. The number of carbonyl (C=O) groups is 1. The van der Waals surface area contributed by atoms with Gasteiger partial charge in [-0.1, -0.05) is 11.8 Å². The number of nitrogens with zero attached hydrogens (tertiary/aromatic N) is 1. The number of hydrogen-bond acceptors (Lipinski definition) is 4. The van der Waals surface area contributed by atoms with Gasteiger partial charge in [0, 0.05) is 22.8 Å². The Morgan fingerprint density at radius 2 is 2.15 bits per heavy atom. The van der Waals surface area contributed by atoms with E-state index in [1.54, 1.807) is 6.92 Å². The normalized spacial score (nSPS) is 12.2. The zero-order chi connectivity index (χ0) is 14.7. The van der Waals surface area contributed by atoms with Gasteiger partial charge in [0.05, 0.1) is 5.25 Å². The quantitative estimate of drug-likeness (QED) is 0.872. The number of carbonyl (C=O) groups excluding carboxylic acids is 1. The molecule has 0 aliphatic rings. The molecular formula is C13H12F2N2OS2. The molecule has 1 aromatic heterocycles. The minimum atomic E-state index is -0.987. The number of rotatable bonds is 4. The maximum absolute atomic E-state index is 13.0. The second-order valence-corrected chi connectivity index (χ2v) is 6.58. The lowest BCUT2D eigenvalue weighted by molar-refractivity contribution is -0.115. The Hall–Kier alpha value is -1.47. The van der Waals surface area contributed by atoms with Gasteiger partial charge in [0.2, 0.25) is 5.91 Å². The molecule has 2 aromatic rings. The Balaban J connectivity index is 1.98. The summed E-state index contributed by atoms with van der Waals surface area (Å²) in [6, 6.07) is 3.26. The highest BCUT2D eigenvalue weighted by Gasteiger charge is 2.16. The molecular weight excluding hydrogens is 302 g/mol. The van der Waals surface area contributed by atoms with Crippen LogP contribution in [-0.2, 0) is 4.79 Å². The molecule has 1 N–H and O–H groups in total. The van der Waals surface area contributed by atoms with Crippen molar-refractivity contribution in [3.8, 4) is 0 Å². The van der Waals surface area contributed by atoms with E-state index >= 15 is 0 Å². The zero-order valence-electron chi connectivity index (χ0n) is 10.8. The number of aryl methyl sites for hydroxylation is 1. The molecule has 0 bridgehead atoms. The molecule has 1 aromatic carbocycles. The predicted octanol–water partition coefficient (Wildman–Crippen LogP) is 3.85. The number of thioether (sulfide) groups is 1. The third kappa shape index (κ3) is 3.77. The first-order valence-corrected chi connectivity index (χ1v) is 7.56. The van der Waals surface area contributed by atoms with Crippen LogP contribution < -0.4 is 5.32 Å². The molecule has 3 nitrogen and oxygen atoms in total. The molecule has 106 valence electrons. The summed E-state index contributed by atoms with van der Waals surface area (Å²) in [4.78, 5) is 16.2. The van der Waals surface area contributed by atoms with Crippen molar-refractivity contribution in [2.75, 3.05) is 5.32 Å². The van der Waals surface area contributed by atoms with E-state index in [1.807, 2.05) is 12.3 Å². The highest BCUT2D eigenvalue weighted by Crippen LogP contribution is 2.27. The molecule has 0 unspecified atom stereocenters. The summed E-state index contributed by atoms with van der Waals surface area (Å²) in [6.07, 6.45) is 0. The largest absolute Gasteiger partial charge is 0.325 e. The molecule has 0 saturated carbocycles. The average molecular weight is 314 g/mol. The molecule has 0 spiro atoms. The first kappa shape index (κ1) is 14.9. The van der Waals surface area contributed by atoms with Crippen molar-refractivity contribution >= 4 is 34.7 Å². The van der Waals surface area contributed by atoms with E-state index in [2.05, 4.69) is 10.3 Å². The number of amides is 1. The topological polar surface area (TPSA) is 42.0 Å². The van der Waals surface area contributed by atoms with Crippen LogP contribution in [0, 0.1) is 18.6 Å². The van der Waals surface area contributed by atoms with Gasteiger partial charge < -0.3 is 5.32 Å². The van der Waals surface area contributed by atoms with Crippen molar-refractivity contribution in [3.63, 3.8) is 0 Å². The molecule has 0 radical (unpaired) electrons. The maximum Gasteiger partial charge on any atom is 0.237 e. The summed E-state index contributed by atoms with van der Waals surface area (Å²) in [7, 11) is 0. The Morgan fingerprint density at radius 3 is 2.75 bits per heavy atom. The van der Waals surface area contributed by atoms with E-state index in [0.717, 1.165) is 22.2 Å². The maximum atomic E-state index is 13.0. The third-order valence-electron chi connectivity index (χ3n) is 2.43. The van der Waals surface area contributed by atoms with E-state index in [9.17, 15) is 13.6 Å². The third-order valence-corrected chi connectivity index (χ3v) is 4.62. The van der Waals surface area contributed by atoms with Crippen molar-refractivity contribution < 1.29 is 13.6 Å². The van der Waals surface area contributed by atoms with Crippen LogP contribution in [0.1, 0.15) is 12.6 Å².